The molecular weight excluding hydrogens is 165 g/mol. The number of nitrogens with one attached hydrogen (secondary N) is 1. The second-order valence-corrected chi connectivity index (χ2v) is 1.85. The minimum atomic E-state index is -1.08. The summed E-state index contributed by atoms with van der Waals surface area (Å²) >= 11 is 5.37. The van der Waals surface area contributed by atoms with E-state index in [-0.39, 0.29) is 12.4 Å². The van der Waals surface area contributed by atoms with Crippen LogP contribution in [0.2, 0.25) is 0 Å². The van der Waals surface area contributed by atoms with Gasteiger partial charge in [-0.3, -0.25) is 0 Å². The van der Waals surface area contributed by atoms with Gasteiger partial charge in [0.05, 0.1) is 0 Å². The zero-order valence-corrected chi connectivity index (χ0v) is 6.50. The van der Waals surface area contributed by atoms with Gasteiger partial charge in [-0.15, -0.1) is 12.4 Å². The summed E-state index contributed by atoms with van der Waals surface area (Å²) in [4.78, 5) is 9.77. The number of hydrogen-bond donors (Lipinski definition) is 2. The minimum absolute atomic E-state index is 0. The fraction of sp³-hybridized carbons (Fsp3) is 0.750. The molecular formula is C4H9Cl2NO2. The van der Waals surface area contributed by atoms with Gasteiger partial charge in [-0.05, 0) is 6.42 Å². The van der Waals surface area contributed by atoms with Gasteiger partial charge in [0, 0.05) is 0 Å². The Morgan fingerprint density at radius 2 is 2.33 bits per heavy atom. The third kappa shape index (κ3) is 7.85. The number of carboxylic acid groups (broad SMARTS) is 1. The van der Waals surface area contributed by atoms with Crippen LogP contribution in [0.15, 0.2) is 0 Å². The van der Waals surface area contributed by atoms with Crippen molar-refractivity contribution < 1.29 is 9.90 Å². The van der Waals surface area contributed by atoms with Crippen molar-refractivity contribution in [1.29, 1.82) is 0 Å². The summed E-state index contributed by atoms with van der Waals surface area (Å²) in [5.41, 5.74) is -0.451. The van der Waals surface area contributed by atoms with Crippen LogP contribution in [0.4, 0.5) is 4.79 Å². The van der Waals surface area contributed by atoms with E-state index in [2.05, 4.69) is 5.32 Å². The largest absolute Gasteiger partial charge is 0.465 e. The highest BCUT2D eigenvalue weighted by atomic mass is 35.5. The van der Waals surface area contributed by atoms with Gasteiger partial charge in [0.2, 0.25) is 0 Å². The molecule has 0 fully saturated rings. The first kappa shape index (κ1) is 11.6. The van der Waals surface area contributed by atoms with Crippen LogP contribution in [-0.4, -0.2) is 16.7 Å². The van der Waals surface area contributed by atoms with E-state index in [1.807, 2.05) is 0 Å². The maximum atomic E-state index is 9.77. The number of carbonyl (C=O) groups is 1. The molecule has 2 N–H and O–H groups in total. The first-order chi connectivity index (χ1) is 3.66. The van der Waals surface area contributed by atoms with E-state index in [1.165, 1.54) is 0 Å². The lowest BCUT2D eigenvalue weighted by atomic mass is 10.5. The molecule has 1 unspecified atom stereocenters. The lowest BCUT2D eigenvalue weighted by Gasteiger charge is -2.02. The van der Waals surface area contributed by atoms with Gasteiger partial charge in [-0.25, -0.2) is 4.79 Å². The van der Waals surface area contributed by atoms with Gasteiger partial charge in [0.15, 0.2) is 0 Å². The van der Waals surface area contributed by atoms with Crippen molar-refractivity contribution in [3.63, 3.8) is 0 Å². The van der Waals surface area contributed by atoms with Gasteiger partial charge >= 0.3 is 6.09 Å². The zero-order valence-electron chi connectivity index (χ0n) is 4.93. The number of halogens is 2. The SMILES string of the molecule is CCC(Cl)NC(=O)O.Cl. The van der Waals surface area contributed by atoms with Crippen molar-refractivity contribution in [2.24, 2.45) is 0 Å². The van der Waals surface area contributed by atoms with Crippen molar-refractivity contribution in [2.75, 3.05) is 0 Å². The maximum Gasteiger partial charge on any atom is 0.405 e. The number of hydrogen-bond acceptors (Lipinski definition) is 1. The Labute approximate surface area is 64.8 Å². The first-order valence-corrected chi connectivity index (χ1v) is 2.74. The minimum Gasteiger partial charge on any atom is -0.465 e. The fourth-order valence-corrected chi connectivity index (χ4v) is 0.329. The molecule has 0 aromatic rings. The molecule has 0 aliphatic carbocycles. The molecule has 3 nitrogen and oxygen atoms in total. The Hall–Kier alpha value is -0.150. The Bertz CT molecular complexity index is 88.6. The van der Waals surface area contributed by atoms with Gasteiger partial charge < -0.3 is 10.4 Å². The molecule has 0 aromatic heterocycles. The van der Waals surface area contributed by atoms with Crippen LogP contribution in [-0.2, 0) is 0 Å². The predicted molar refractivity (Wildman–Crippen MR) is 38.3 cm³/mol. The summed E-state index contributed by atoms with van der Waals surface area (Å²) in [6.07, 6.45) is -0.472. The number of amides is 1. The molecule has 0 aromatic carbocycles. The van der Waals surface area contributed by atoms with Gasteiger partial charge in [-0.2, -0.15) is 0 Å². The Morgan fingerprint density at radius 1 is 1.89 bits per heavy atom. The van der Waals surface area contributed by atoms with Crippen LogP contribution >= 0.6 is 24.0 Å². The third-order valence-electron chi connectivity index (χ3n) is 0.639. The fourth-order valence-electron chi connectivity index (χ4n) is 0.236. The van der Waals surface area contributed by atoms with Gasteiger partial charge in [0.1, 0.15) is 5.50 Å². The summed E-state index contributed by atoms with van der Waals surface area (Å²) in [5.74, 6) is 0. The maximum absolute atomic E-state index is 9.77. The van der Waals surface area contributed by atoms with Gasteiger partial charge in [-0.1, -0.05) is 18.5 Å². The lowest BCUT2D eigenvalue weighted by Crippen LogP contribution is -2.28. The molecule has 0 rings (SSSR count). The van der Waals surface area contributed by atoms with E-state index in [9.17, 15) is 4.79 Å². The van der Waals surface area contributed by atoms with Gasteiger partial charge in [0.25, 0.3) is 0 Å². The molecule has 1 amide bonds. The Kier molecular flexibility index (Phi) is 7.72. The van der Waals surface area contributed by atoms with E-state index in [1.54, 1.807) is 6.92 Å². The molecule has 1 atom stereocenters. The zero-order chi connectivity index (χ0) is 6.57. The van der Waals surface area contributed by atoms with Crippen molar-refractivity contribution >= 4 is 30.1 Å². The molecule has 0 bridgehead atoms. The summed E-state index contributed by atoms with van der Waals surface area (Å²) < 4.78 is 0. The Balaban J connectivity index is 0. The van der Waals surface area contributed by atoms with Crippen LogP contribution in [0.5, 0.6) is 0 Å². The van der Waals surface area contributed by atoms with E-state index in [0.717, 1.165) is 0 Å². The van der Waals surface area contributed by atoms with Crippen LogP contribution in [0.25, 0.3) is 0 Å². The highest BCUT2D eigenvalue weighted by Gasteiger charge is 2.01. The highest BCUT2D eigenvalue weighted by molar-refractivity contribution is 6.21. The molecule has 0 saturated carbocycles. The summed E-state index contributed by atoms with van der Waals surface area (Å²) in [6.45, 7) is 1.80. The smallest absolute Gasteiger partial charge is 0.405 e. The third-order valence-corrected chi connectivity index (χ3v) is 1.06. The summed E-state index contributed by atoms with van der Waals surface area (Å²) in [5, 5.41) is 10.1. The van der Waals surface area contributed by atoms with Crippen molar-refractivity contribution in [3.05, 3.63) is 0 Å². The van der Waals surface area contributed by atoms with Crippen molar-refractivity contribution in [1.82, 2.24) is 5.32 Å². The van der Waals surface area contributed by atoms with E-state index >= 15 is 0 Å². The van der Waals surface area contributed by atoms with Crippen molar-refractivity contribution in [2.45, 2.75) is 18.8 Å². The van der Waals surface area contributed by atoms with E-state index in [0.29, 0.717) is 6.42 Å². The molecule has 9 heavy (non-hydrogen) atoms. The summed E-state index contributed by atoms with van der Waals surface area (Å²) in [6, 6.07) is 0. The molecule has 0 spiro atoms. The predicted octanol–water partition coefficient (Wildman–Crippen LogP) is 1.65. The normalized spacial score (nSPS) is 11.3. The number of alkyl halides is 1. The second-order valence-electron chi connectivity index (χ2n) is 1.33. The number of rotatable bonds is 2. The van der Waals surface area contributed by atoms with Crippen LogP contribution in [0, 0.1) is 0 Å². The topological polar surface area (TPSA) is 49.3 Å². The average molecular weight is 174 g/mol. The van der Waals surface area contributed by atoms with Crippen LogP contribution in [0.1, 0.15) is 13.3 Å². The molecule has 0 aliphatic heterocycles. The quantitative estimate of drug-likeness (QED) is 0.493. The Morgan fingerprint density at radius 3 is 2.44 bits per heavy atom. The van der Waals surface area contributed by atoms with E-state index in [4.69, 9.17) is 16.7 Å². The monoisotopic (exact) mass is 173 g/mol. The second kappa shape index (κ2) is 5.98. The van der Waals surface area contributed by atoms with E-state index < -0.39 is 11.6 Å². The summed E-state index contributed by atoms with van der Waals surface area (Å²) in [7, 11) is 0. The molecule has 0 saturated heterocycles. The molecule has 0 heterocycles. The average Bonchev–Trinajstić information content (AvgIpc) is 1.65. The van der Waals surface area contributed by atoms with Crippen LogP contribution in [0.3, 0.4) is 0 Å². The molecule has 0 aliphatic rings. The van der Waals surface area contributed by atoms with Crippen LogP contribution < -0.4 is 5.32 Å². The molecule has 0 radical (unpaired) electrons. The standard InChI is InChI=1S/C4H8ClNO2.ClH/c1-2-3(5)6-4(7)8;/h3,6H,2H2,1H3,(H,7,8);1H. The molecule has 56 valence electrons. The molecule has 5 heteroatoms. The highest BCUT2D eigenvalue weighted by Crippen LogP contribution is 1.93. The van der Waals surface area contributed by atoms with Crippen molar-refractivity contribution in [3.8, 4) is 0 Å². The lowest BCUT2D eigenvalue weighted by molar-refractivity contribution is 0.193. The first-order valence-electron chi connectivity index (χ1n) is 2.30.